The maximum Gasteiger partial charge on any atom is 0.240 e. The Kier molecular flexibility index (Phi) is 5.68. The molecule has 1 atom stereocenters. The molecule has 26 heavy (non-hydrogen) atoms. The average Bonchev–Trinajstić information content (AvgIpc) is 3.12. The number of rotatable bonds is 6. The largest absolute Gasteiger partial charge is 0.336 e. The minimum atomic E-state index is -3.62. The fourth-order valence-corrected chi connectivity index (χ4v) is 4.30. The van der Waals surface area contributed by atoms with Gasteiger partial charge in [-0.05, 0) is 42.7 Å². The average molecular weight is 376 g/mol. The molecule has 0 spiro atoms. The van der Waals surface area contributed by atoms with Gasteiger partial charge in [-0.1, -0.05) is 30.3 Å². The van der Waals surface area contributed by atoms with Gasteiger partial charge in [0.15, 0.2) is 0 Å². The Hall–Kier alpha value is -2.25. The van der Waals surface area contributed by atoms with E-state index in [1.165, 1.54) is 24.3 Å². The van der Waals surface area contributed by atoms with Crippen molar-refractivity contribution in [3.8, 4) is 0 Å². The van der Waals surface area contributed by atoms with E-state index in [1.807, 2.05) is 6.07 Å². The van der Waals surface area contributed by atoms with Crippen LogP contribution in [-0.4, -0.2) is 32.3 Å². The molecule has 1 saturated heterocycles. The zero-order valence-corrected chi connectivity index (χ0v) is 15.1. The zero-order valence-electron chi connectivity index (χ0n) is 14.3. The Labute approximate surface area is 152 Å². The Balaban J connectivity index is 1.59. The first-order valence-corrected chi connectivity index (χ1v) is 10.1. The molecule has 0 radical (unpaired) electrons. The molecule has 0 unspecified atom stereocenters. The Morgan fingerprint density at radius 1 is 1.15 bits per heavy atom. The molecule has 2 aromatic rings. The summed E-state index contributed by atoms with van der Waals surface area (Å²) >= 11 is 0. The number of carbonyl (C=O) groups is 1. The SMILES string of the molecule is O=C(CCNS(=O)(=O)c1ccccc1)N1CCC[C@@H]1c1cccc(F)c1. The minimum Gasteiger partial charge on any atom is -0.336 e. The van der Waals surface area contributed by atoms with E-state index in [0.717, 1.165) is 18.4 Å². The molecule has 2 aromatic carbocycles. The van der Waals surface area contributed by atoms with Crippen LogP contribution in [0.4, 0.5) is 4.39 Å². The summed E-state index contributed by atoms with van der Waals surface area (Å²) in [5, 5.41) is 0. The number of amides is 1. The fraction of sp³-hybridized carbons (Fsp3) is 0.316. The second-order valence-corrected chi connectivity index (χ2v) is 8.03. The molecule has 5 nitrogen and oxygen atoms in total. The van der Waals surface area contributed by atoms with Gasteiger partial charge in [0.25, 0.3) is 0 Å². The smallest absolute Gasteiger partial charge is 0.240 e. The third-order valence-electron chi connectivity index (χ3n) is 4.49. The second kappa shape index (κ2) is 7.97. The summed E-state index contributed by atoms with van der Waals surface area (Å²) in [6.07, 6.45) is 1.70. The molecule has 0 aromatic heterocycles. The number of hydrogen-bond donors (Lipinski definition) is 1. The minimum absolute atomic E-state index is 0.0302. The molecule has 1 aliphatic heterocycles. The van der Waals surface area contributed by atoms with Gasteiger partial charge < -0.3 is 4.90 Å². The van der Waals surface area contributed by atoms with Crippen LogP contribution in [0.25, 0.3) is 0 Å². The first-order valence-electron chi connectivity index (χ1n) is 8.57. The van der Waals surface area contributed by atoms with Crippen LogP contribution in [-0.2, 0) is 14.8 Å². The number of benzene rings is 2. The molecule has 1 aliphatic rings. The van der Waals surface area contributed by atoms with Crippen molar-refractivity contribution in [2.75, 3.05) is 13.1 Å². The molecule has 3 rings (SSSR count). The van der Waals surface area contributed by atoms with Gasteiger partial charge >= 0.3 is 0 Å². The van der Waals surface area contributed by atoms with Gasteiger partial charge in [-0.2, -0.15) is 0 Å². The van der Waals surface area contributed by atoms with Gasteiger partial charge in [0.05, 0.1) is 10.9 Å². The molecular weight excluding hydrogens is 355 g/mol. The normalized spacial score (nSPS) is 17.4. The van der Waals surface area contributed by atoms with E-state index in [4.69, 9.17) is 0 Å². The highest BCUT2D eigenvalue weighted by Crippen LogP contribution is 2.32. The summed E-state index contributed by atoms with van der Waals surface area (Å²) in [7, 11) is -3.62. The van der Waals surface area contributed by atoms with E-state index in [0.29, 0.717) is 6.54 Å². The van der Waals surface area contributed by atoms with Gasteiger partial charge in [-0.25, -0.2) is 17.5 Å². The molecule has 1 heterocycles. The number of carbonyl (C=O) groups excluding carboxylic acids is 1. The van der Waals surface area contributed by atoms with Crippen molar-refractivity contribution in [1.82, 2.24) is 9.62 Å². The van der Waals surface area contributed by atoms with Crippen LogP contribution in [0.1, 0.15) is 30.9 Å². The summed E-state index contributed by atoms with van der Waals surface area (Å²) in [6, 6.07) is 14.2. The number of nitrogens with one attached hydrogen (secondary N) is 1. The third-order valence-corrected chi connectivity index (χ3v) is 5.97. The van der Waals surface area contributed by atoms with Gasteiger partial charge in [-0.15, -0.1) is 0 Å². The topological polar surface area (TPSA) is 66.5 Å². The summed E-state index contributed by atoms with van der Waals surface area (Å²) in [6.45, 7) is 0.633. The Bertz CT molecular complexity index is 871. The predicted molar refractivity (Wildman–Crippen MR) is 96.3 cm³/mol. The van der Waals surface area contributed by atoms with Crippen LogP contribution < -0.4 is 4.72 Å². The van der Waals surface area contributed by atoms with Gasteiger partial charge in [0.1, 0.15) is 5.82 Å². The Morgan fingerprint density at radius 2 is 1.92 bits per heavy atom. The molecule has 7 heteroatoms. The molecule has 0 bridgehead atoms. The fourth-order valence-electron chi connectivity index (χ4n) is 3.24. The molecular formula is C19H21FN2O3S. The number of nitrogens with zero attached hydrogens (tertiary/aromatic N) is 1. The lowest BCUT2D eigenvalue weighted by Crippen LogP contribution is -2.34. The number of likely N-dealkylation sites (tertiary alicyclic amines) is 1. The van der Waals surface area contributed by atoms with Gasteiger partial charge in [-0.3, -0.25) is 4.79 Å². The first-order chi connectivity index (χ1) is 12.5. The van der Waals surface area contributed by atoms with E-state index in [2.05, 4.69) is 4.72 Å². The number of halogens is 1. The molecule has 0 saturated carbocycles. The van der Waals surface area contributed by atoms with Crippen molar-refractivity contribution < 1.29 is 17.6 Å². The van der Waals surface area contributed by atoms with Crippen molar-refractivity contribution in [3.63, 3.8) is 0 Å². The van der Waals surface area contributed by atoms with E-state index < -0.39 is 10.0 Å². The molecule has 1 amide bonds. The molecule has 138 valence electrons. The van der Waals surface area contributed by atoms with Crippen LogP contribution in [0.15, 0.2) is 59.5 Å². The molecule has 0 aliphatic carbocycles. The second-order valence-electron chi connectivity index (χ2n) is 6.26. The lowest BCUT2D eigenvalue weighted by atomic mass is 10.0. The van der Waals surface area contributed by atoms with Crippen molar-refractivity contribution in [1.29, 1.82) is 0 Å². The highest BCUT2D eigenvalue weighted by atomic mass is 32.2. The number of sulfonamides is 1. The lowest BCUT2D eigenvalue weighted by molar-refractivity contribution is -0.131. The number of hydrogen-bond acceptors (Lipinski definition) is 3. The standard InChI is InChI=1S/C19H21FN2O3S/c20-16-7-4-6-15(14-16)18-10-5-13-22(18)19(23)11-12-21-26(24,25)17-8-2-1-3-9-17/h1-4,6-9,14,18,21H,5,10-13H2/t18-/m1/s1. The van der Waals surface area contributed by atoms with Crippen LogP contribution >= 0.6 is 0 Å². The first kappa shape index (κ1) is 18.5. The summed E-state index contributed by atoms with van der Waals surface area (Å²) < 4.78 is 40.3. The predicted octanol–water partition coefficient (Wildman–Crippen LogP) is 2.86. The highest BCUT2D eigenvalue weighted by Gasteiger charge is 2.30. The van der Waals surface area contributed by atoms with E-state index in [1.54, 1.807) is 29.2 Å². The van der Waals surface area contributed by atoms with Crippen molar-refractivity contribution in [2.45, 2.75) is 30.2 Å². The lowest BCUT2D eigenvalue weighted by Gasteiger charge is -2.25. The van der Waals surface area contributed by atoms with Crippen LogP contribution in [0.3, 0.4) is 0 Å². The van der Waals surface area contributed by atoms with Crippen LogP contribution in [0.2, 0.25) is 0 Å². The quantitative estimate of drug-likeness (QED) is 0.843. The van der Waals surface area contributed by atoms with Gasteiger partial charge in [0.2, 0.25) is 15.9 Å². The molecule has 1 N–H and O–H groups in total. The summed E-state index contributed by atoms with van der Waals surface area (Å²) in [5.41, 5.74) is 0.778. The molecule has 1 fully saturated rings. The van der Waals surface area contributed by atoms with Crippen molar-refractivity contribution in [3.05, 3.63) is 66.0 Å². The van der Waals surface area contributed by atoms with Crippen LogP contribution in [0.5, 0.6) is 0 Å². The summed E-state index contributed by atoms with van der Waals surface area (Å²) in [4.78, 5) is 14.4. The maximum atomic E-state index is 13.5. The Morgan fingerprint density at radius 3 is 2.65 bits per heavy atom. The summed E-state index contributed by atoms with van der Waals surface area (Å²) in [5.74, 6) is -0.454. The van der Waals surface area contributed by atoms with E-state index >= 15 is 0 Å². The van der Waals surface area contributed by atoms with E-state index in [9.17, 15) is 17.6 Å². The monoisotopic (exact) mass is 376 g/mol. The third kappa shape index (κ3) is 4.28. The van der Waals surface area contributed by atoms with Crippen LogP contribution in [0, 0.1) is 5.82 Å². The highest BCUT2D eigenvalue weighted by molar-refractivity contribution is 7.89. The van der Waals surface area contributed by atoms with Gasteiger partial charge in [0, 0.05) is 19.5 Å². The zero-order chi connectivity index (χ0) is 18.6. The van der Waals surface area contributed by atoms with E-state index in [-0.39, 0.29) is 35.6 Å². The van der Waals surface area contributed by atoms with Crippen molar-refractivity contribution in [2.24, 2.45) is 0 Å². The van der Waals surface area contributed by atoms with Crippen molar-refractivity contribution >= 4 is 15.9 Å². The maximum absolute atomic E-state index is 13.5.